The zero-order valence-electron chi connectivity index (χ0n) is 48.2. The highest BCUT2D eigenvalue weighted by Gasteiger charge is 2.31. The number of pyridine rings is 2. The molecule has 4 N–H and O–H groups in total. The fraction of sp³-hybridized carbons (Fsp3) is 0.533. The molecule has 0 spiro atoms. The van der Waals surface area contributed by atoms with Gasteiger partial charge >= 0.3 is 18.2 Å². The first-order valence-corrected chi connectivity index (χ1v) is 29.5. The van der Waals surface area contributed by atoms with Crippen molar-refractivity contribution in [3.63, 3.8) is 0 Å². The number of hydrogen-bond acceptors (Lipinski definition) is 13. The second-order valence-electron chi connectivity index (χ2n) is 22.5. The van der Waals surface area contributed by atoms with E-state index >= 15 is 0 Å². The molecule has 4 aromatic heterocycles. The Hall–Kier alpha value is -6.00. The molecule has 8 rings (SSSR count). The minimum absolute atomic E-state index is 0.0200. The second-order valence-corrected chi connectivity index (χ2v) is 24.4. The average Bonchev–Trinajstić information content (AvgIpc) is 4.07. The SMILES string of the molecule is CC(C)(C)OC(=O)N[C@@H](CC(=O)O)Cc1ccc(Br)cc1.COCCCn1c([C@@H]2CCCN(C(=O)C[C@@H](Cc3ccc(Br)cc3)NC(=O)OC(C)(C)C)C2)nc2ccncc21.COCCCn1c([C@@H]2CCCNC2)nc2ccncc21. The molecule has 81 heavy (non-hydrogen) atoms. The number of ether oxygens (including phenoxy) is 4. The molecule has 2 aliphatic heterocycles. The fourth-order valence-electron chi connectivity index (χ4n) is 9.95. The first-order chi connectivity index (χ1) is 38.7. The summed E-state index contributed by atoms with van der Waals surface area (Å²) < 4.78 is 27.6. The maximum atomic E-state index is 13.6. The van der Waals surface area contributed by atoms with Gasteiger partial charge in [-0.1, -0.05) is 56.1 Å². The minimum atomic E-state index is -0.965. The van der Waals surface area contributed by atoms with Crippen LogP contribution in [0.4, 0.5) is 9.59 Å². The molecular weight excluding hydrogens is 1160 g/mol. The zero-order valence-corrected chi connectivity index (χ0v) is 51.4. The number of alkyl carbamates (subject to hydrolysis) is 2. The maximum absolute atomic E-state index is 13.6. The highest BCUT2D eigenvalue weighted by Crippen LogP contribution is 2.31. The molecule has 2 fully saturated rings. The molecular formula is C60H82Br2N10O9. The molecule has 4 atom stereocenters. The number of aryl methyl sites for hydroxylation is 2. The topological polar surface area (TPSA) is 226 Å². The van der Waals surface area contributed by atoms with Crippen LogP contribution in [0.5, 0.6) is 0 Å². The number of nitrogens with one attached hydrogen (secondary N) is 3. The fourth-order valence-corrected chi connectivity index (χ4v) is 10.5. The number of benzene rings is 2. The number of rotatable bonds is 20. The summed E-state index contributed by atoms with van der Waals surface area (Å²) in [4.78, 5) is 69.3. The van der Waals surface area contributed by atoms with Gasteiger partial charge in [0.1, 0.15) is 22.9 Å². The van der Waals surface area contributed by atoms with Gasteiger partial charge in [-0.2, -0.15) is 0 Å². The van der Waals surface area contributed by atoms with E-state index in [9.17, 15) is 19.2 Å². The summed E-state index contributed by atoms with van der Waals surface area (Å²) in [6, 6.07) is 18.5. The Bertz CT molecular complexity index is 2930. The normalized spacial score (nSPS) is 16.3. The number of carboxylic acid groups (broad SMARTS) is 1. The lowest BCUT2D eigenvalue weighted by Gasteiger charge is -2.34. The van der Waals surface area contributed by atoms with E-state index in [0.29, 0.717) is 38.5 Å². The number of nitrogens with zero attached hydrogens (tertiary/aromatic N) is 7. The molecule has 0 radical (unpaired) electrons. The van der Waals surface area contributed by atoms with Gasteiger partial charge in [-0.15, -0.1) is 0 Å². The van der Waals surface area contributed by atoms with Crippen molar-refractivity contribution in [1.29, 1.82) is 0 Å². The standard InChI is InChI=1S/C30H40BrN5O4.C15H20BrNO4.C15H22N4O/c1-30(2,3)40-29(38)33-24(17-21-8-10-23(31)11-9-21)18-27(37)35-14-5-7-22(20-35)28-34-25-12-13-32-19-26(25)36(28)15-6-16-39-4;1-15(2,3)21-14(20)17-12(9-13(18)19)8-10-4-6-11(16)7-5-10;1-20-9-3-8-19-14-11-17-7-5-13(14)18-15(19)12-4-2-6-16-10-12/h8-13,19,22,24H,5-7,14-18,20H2,1-4H3,(H,33,38);4-7,12H,8-9H2,1-3H3,(H,17,20)(H,18,19);5,7,11-12,16H,2-4,6,8-10H2,1H3/t22-,24-;2*12-/m111/s1. The lowest BCUT2D eigenvalue weighted by molar-refractivity contribution is -0.137. The number of halogens is 2. The number of aromatic nitrogens is 6. The molecule has 0 saturated carbocycles. The molecule has 0 unspecified atom stereocenters. The number of imidazole rings is 2. The molecule has 6 aromatic rings. The van der Waals surface area contributed by atoms with Crippen molar-refractivity contribution in [2.24, 2.45) is 0 Å². The zero-order chi connectivity index (χ0) is 58.5. The molecule has 21 heteroatoms. The Kier molecular flexibility index (Phi) is 24.9. The monoisotopic (exact) mass is 1240 g/mol. The Morgan fingerprint density at radius 1 is 0.679 bits per heavy atom. The van der Waals surface area contributed by atoms with Gasteiger partial charge < -0.3 is 54.0 Å². The van der Waals surface area contributed by atoms with Gasteiger partial charge in [-0.3, -0.25) is 19.6 Å². The molecule has 0 bridgehead atoms. The van der Waals surface area contributed by atoms with Crippen LogP contribution in [-0.2, 0) is 54.5 Å². The average molecular weight is 1250 g/mol. The summed E-state index contributed by atoms with van der Waals surface area (Å²) in [6.07, 6.45) is 13.4. The Morgan fingerprint density at radius 2 is 1.15 bits per heavy atom. The summed E-state index contributed by atoms with van der Waals surface area (Å²) in [7, 11) is 3.46. The number of likely N-dealkylation sites (tertiary alicyclic amines) is 1. The first-order valence-electron chi connectivity index (χ1n) is 27.9. The smallest absolute Gasteiger partial charge is 0.407 e. The second kappa shape index (κ2) is 31.4. The molecule has 2 aromatic carbocycles. The number of carbonyl (C=O) groups excluding carboxylic acids is 3. The van der Waals surface area contributed by atoms with E-state index in [2.05, 4.69) is 66.9 Å². The lowest BCUT2D eigenvalue weighted by Crippen LogP contribution is -2.46. The number of aliphatic carboxylic acids is 1. The molecule has 2 saturated heterocycles. The third-order valence-electron chi connectivity index (χ3n) is 13.5. The Morgan fingerprint density at radius 3 is 1.59 bits per heavy atom. The van der Waals surface area contributed by atoms with Crippen LogP contribution in [0.3, 0.4) is 0 Å². The highest BCUT2D eigenvalue weighted by atomic mass is 79.9. The summed E-state index contributed by atoms with van der Waals surface area (Å²) in [5, 5.41) is 18.0. The molecule has 19 nitrogen and oxygen atoms in total. The maximum Gasteiger partial charge on any atom is 0.407 e. The van der Waals surface area contributed by atoms with E-state index < -0.39 is 41.4 Å². The van der Waals surface area contributed by atoms with Gasteiger partial charge in [-0.25, -0.2) is 19.6 Å². The third kappa shape index (κ3) is 21.4. The molecule has 3 amide bonds. The van der Waals surface area contributed by atoms with Gasteiger partial charge in [0.15, 0.2) is 0 Å². The number of methoxy groups -OCH3 is 2. The van der Waals surface area contributed by atoms with E-state index in [1.54, 1.807) is 41.2 Å². The van der Waals surface area contributed by atoms with Gasteiger partial charge in [-0.05, 0) is 147 Å². The van der Waals surface area contributed by atoms with E-state index in [-0.39, 0.29) is 24.7 Å². The Labute approximate surface area is 493 Å². The van der Waals surface area contributed by atoms with Gasteiger partial charge in [0, 0.05) is 112 Å². The molecule has 0 aliphatic carbocycles. The number of piperidine rings is 2. The Balaban J connectivity index is 0.000000216. The van der Waals surface area contributed by atoms with Crippen molar-refractivity contribution in [3.05, 3.63) is 117 Å². The van der Waals surface area contributed by atoms with Crippen LogP contribution in [0.1, 0.15) is 128 Å². The van der Waals surface area contributed by atoms with Crippen molar-refractivity contribution in [2.75, 3.05) is 53.6 Å². The van der Waals surface area contributed by atoms with E-state index in [4.69, 9.17) is 34.0 Å². The van der Waals surface area contributed by atoms with Crippen molar-refractivity contribution in [1.82, 2.24) is 49.9 Å². The van der Waals surface area contributed by atoms with Crippen LogP contribution in [0.25, 0.3) is 22.1 Å². The van der Waals surface area contributed by atoms with Gasteiger partial charge in [0.05, 0.1) is 40.9 Å². The predicted octanol–water partition coefficient (Wildman–Crippen LogP) is 10.8. The van der Waals surface area contributed by atoms with Crippen molar-refractivity contribution in [2.45, 2.75) is 154 Å². The van der Waals surface area contributed by atoms with Crippen LogP contribution < -0.4 is 16.0 Å². The molecule has 6 heterocycles. The van der Waals surface area contributed by atoms with Crippen LogP contribution in [-0.4, -0.2) is 140 Å². The lowest BCUT2D eigenvalue weighted by atomic mass is 9.95. The van der Waals surface area contributed by atoms with Crippen LogP contribution >= 0.6 is 31.9 Å². The third-order valence-corrected chi connectivity index (χ3v) is 14.6. The highest BCUT2D eigenvalue weighted by molar-refractivity contribution is 9.10. The van der Waals surface area contributed by atoms with Crippen LogP contribution in [0, 0.1) is 0 Å². The quantitative estimate of drug-likeness (QED) is 0.0522. The van der Waals surface area contributed by atoms with Gasteiger partial charge in [0.25, 0.3) is 0 Å². The first kappa shape index (κ1) is 64.2. The number of amides is 3. The number of fused-ring (bicyclic) bond motifs is 2. The number of carbonyl (C=O) groups is 4. The predicted molar refractivity (Wildman–Crippen MR) is 320 cm³/mol. The summed E-state index contributed by atoms with van der Waals surface area (Å²) >= 11 is 6.81. The van der Waals surface area contributed by atoms with Crippen LogP contribution in [0.15, 0.2) is 94.4 Å². The van der Waals surface area contributed by atoms with Crippen molar-refractivity contribution >= 4 is 78.0 Å². The van der Waals surface area contributed by atoms with Crippen molar-refractivity contribution < 1.29 is 43.2 Å². The summed E-state index contributed by atoms with van der Waals surface area (Å²) in [5.41, 5.74) is 4.86. The largest absolute Gasteiger partial charge is 0.481 e. The molecule has 440 valence electrons. The minimum Gasteiger partial charge on any atom is -0.481 e. The molecule has 2 aliphatic rings. The van der Waals surface area contributed by atoms with Crippen LogP contribution in [0.2, 0.25) is 0 Å². The van der Waals surface area contributed by atoms with E-state index in [1.807, 2.05) is 105 Å². The van der Waals surface area contributed by atoms with E-state index in [1.165, 1.54) is 18.7 Å². The van der Waals surface area contributed by atoms with E-state index in [0.717, 1.165) is 106 Å². The summed E-state index contributed by atoms with van der Waals surface area (Å²) in [5.74, 6) is 1.89. The summed E-state index contributed by atoms with van der Waals surface area (Å²) in [6.45, 7) is 17.4. The number of hydrogen-bond donors (Lipinski definition) is 4. The van der Waals surface area contributed by atoms with Gasteiger partial charge in [0.2, 0.25) is 5.91 Å². The van der Waals surface area contributed by atoms with Crippen molar-refractivity contribution in [3.8, 4) is 0 Å². The number of carboxylic acids is 1.